The fourth-order valence-corrected chi connectivity index (χ4v) is 5.31. The molecule has 36 heavy (non-hydrogen) atoms. The van der Waals surface area contributed by atoms with E-state index in [1.165, 1.54) is 17.7 Å². The zero-order chi connectivity index (χ0) is 24.6. The van der Waals surface area contributed by atoms with Gasteiger partial charge in [-0.15, -0.1) is 0 Å². The Bertz CT molecular complexity index is 1410. The third-order valence-corrected chi connectivity index (χ3v) is 7.11. The normalized spacial score (nSPS) is 17.3. The predicted molar refractivity (Wildman–Crippen MR) is 134 cm³/mol. The van der Waals surface area contributed by atoms with E-state index in [0.29, 0.717) is 36.7 Å². The van der Waals surface area contributed by atoms with Gasteiger partial charge in [0, 0.05) is 37.7 Å². The summed E-state index contributed by atoms with van der Waals surface area (Å²) in [5.41, 5.74) is 3.27. The van der Waals surface area contributed by atoms with Gasteiger partial charge in [0.05, 0.1) is 17.8 Å². The standard InChI is InChI=1S/C28H26FN5O2/c29-22-9-11-23(12-10-22)34-26(31-14-3-4-15-31)24(18-30-34)28(36)32-16-5-7-21(19-32)27(35)33-17-13-20-6-1-2-8-25(20)33/h1-4,6,8-12,14-15,18,21H,5,7,13,16-17,19H2. The monoisotopic (exact) mass is 483 g/mol. The van der Waals surface area contributed by atoms with Gasteiger partial charge in [-0.2, -0.15) is 5.10 Å². The molecule has 0 radical (unpaired) electrons. The van der Waals surface area contributed by atoms with Crippen LogP contribution in [0.1, 0.15) is 28.8 Å². The van der Waals surface area contributed by atoms with Gasteiger partial charge in [-0.25, -0.2) is 9.07 Å². The van der Waals surface area contributed by atoms with Gasteiger partial charge >= 0.3 is 0 Å². The summed E-state index contributed by atoms with van der Waals surface area (Å²) in [7, 11) is 0. The lowest BCUT2D eigenvalue weighted by Crippen LogP contribution is -2.46. The van der Waals surface area contributed by atoms with Crippen molar-refractivity contribution in [2.75, 3.05) is 24.5 Å². The molecule has 2 aliphatic rings. The van der Waals surface area contributed by atoms with Crippen LogP contribution < -0.4 is 4.90 Å². The molecule has 1 unspecified atom stereocenters. The number of piperidine rings is 1. The first-order chi connectivity index (χ1) is 17.6. The summed E-state index contributed by atoms with van der Waals surface area (Å²) in [5, 5.41) is 4.48. The number of carbonyl (C=O) groups is 2. The van der Waals surface area contributed by atoms with Crippen LogP contribution in [0.4, 0.5) is 10.1 Å². The predicted octanol–water partition coefficient (Wildman–Crippen LogP) is 4.24. The number of amides is 2. The number of anilines is 1. The molecular weight excluding hydrogens is 457 g/mol. The maximum atomic E-state index is 13.8. The summed E-state index contributed by atoms with van der Waals surface area (Å²) in [6, 6.07) is 17.8. The highest BCUT2D eigenvalue weighted by Gasteiger charge is 2.35. The van der Waals surface area contributed by atoms with Gasteiger partial charge in [0.1, 0.15) is 11.4 Å². The Balaban J connectivity index is 1.28. The molecule has 8 heteroatoms. The summed E-state index contributed by atoms with van der Waals surface area (Å²) in [4.78, 5) is 30.9. The van der Waals surface area contributed by atoms with Gasteiger partial charge in [-0.3, -0.25) is 9.59 Å². The number of hydrogen-bond acceptors (Lipinski definition) is 3. The number of para-hydroxylation sites is 1. The van der Waals surface area contributed by atoms with E-state index < -0.39 is 0 Å². The molecule has 2 aliphatic heterocycles. The molecule has 0 N–H and O–H groups in total. The number of hydrogen-bond donors (Lipinski definition) is 0. The zero-order valence-electron chi connectivity index (χ0n) is 19.8. The summed E-state index contributed by atoms with van der Waals surface area (Å²) >= 11 is 0. The number of carbonyl (C=O) groups excluding carboxylic acids is 2. The number of aromatic nitrogens is 3. The fraction of sp³-hybridized carbons (Fsp3) is 0.250. The molecule has 0 spiro atoms. The van der Waals surface area contributed by atoms with Crippen molar-refractivity contribution in [1.29, 1.82) is 0 Å². The number of rotatable bonds is 4. The second-order valence-corrected chi connectivity index (χ2v) is 9.32. The van der Waals surface area contributed by atoms with Crippen molar-refractivity contribution < 1.29 is 14.0 Å². The smallest absolute Gasteiger partial charge is 0.259 e. The first-order valence-electron chi connectivity index (χ1n) is 12.3. The first kappa shape index (κ1) is 22.3. The van der Waals surface area contributed by atoms with Crippen LogP contribution in [0.2, 0.25) is 0 Å². The van der Waals surface area contributed by atoms with E-state index in [9.17, 15) is 14.0 Å². The van der Waals surface area contributed by atoms with Crippen molar-refractivity contribution in [3.63, 3.8) is 0 Å². The molecule has 2 aromatic carbocycles. The highest BCUT2D eigenvalue weighted by atomic mass is 19.1. The van der Waals surface area contributed by atoms with E-state index in [2.05, 4.69) is 11.2 Å². The second kappa shape index (κ2) is 9.11. The van der Waals surface area contributed by atoms with Crippen molar-refractivity contribution in [2.24, 2.45) is 5.92 Å². The summed E-state index contributed by atoms with van der Waals surface area (Å²) < 4.78 is 17.0. The van der Waals surface area contributed by atoms with Gasteiger partial charge in [0.25, 0.3) is 5.91 Å². The van der Waals surface area contributed by atoms with Crippen LogP contribution in [0.25, 0.3) is 11.5 Å². The largest absolute Gasteiger partial charge is 0.338 e. The third kappa shape index (κ3) is 3.88. The second-order valence-electron chi connectivity index (χ2n) is 9.32. The van der Waals surface area contributed by atoms with E-state index >= 15 is 0 Å². The highest BCUT2D eigenvalue weighted by molar-refractivity contribution is 5.99. The zero-order valence-corrected chi connectivity index (χ0v) is 19.8. The van der Waals surface area contributed by atoms with Crippen LogP contribution in [0.15, 0.2) is 79.3 Å². The first-order valence-corrected chi connectivity index (χ1v) is 12.3. The van der Waals surface area contributed by atoms with Crippen molar-refractivity contribution >= 4 is 17.5 Å². The topological polar surface area (TPSA) is 63.4 Å². The number of halogens is 1. The Kier molecular flexibility index (Phi) is 5.64. The van der Waals surface area contributed by atoms with E-state index in [1.54, 1.807) is 27.9 Å². The number of nitrogens with zero attached hydrogens (tertiary/aromatic N) is 5. The molecule has 2 amide bonds. The molecule has 6 rings (SSSR count). The Hall–Kier alpha value is -4.20. The van der Waals surface area contributed by atoms with Gasteiger partial charge < -0.3 is 14.4 Å². The quantitative estimate of drug-likeness (QED) is 0.436. The van der Waals surface area contributed by atoms with Crippen LogP contribution in [-0.2, 0) is 11.2 Å². The minimum Gasteiger partial charge on any atom is -0.338 e. The molecule has 0 bridgehead atoms. The van der Waals surface area contributed by atoms with Gasteiger partial charge in [0.15, 0.2) is 5.82 Å². The summed E-state index contributed by atoms with van der Waals surface area (Å²) in [6.07, 6.45) is 7.65. The van der Waals surface area contributed by atoms with Crippen LogP contribution in [-0.4, -0.2) is 50.7 Å². The van der Waals surface area contributed by atoms with Gasteiger partial charge in [-0.05, 0) is 67.3 Å². The molecule has 1 saturated heterocycles. The lowest BCUT2D eigenvalue weighted by Gasteiger charge is -2.34. The maximum absolute atomic E-state index is 13.8. The molecule has 7 nitrogen and oxygen atoms in total. The molecule has 4 heterocycles. The molecule has 2 aromatic heterocycles. The Morgan fingerprint density at radius 1 is 0.944 bits per heavy atom. The van der Waals surface area contributed by atoms with Gasteiger partial charge in [-0.1, -0.05) is 18.2 Å². The van der Waals surface area contributed by atoms with Crippen molar-refractivity contribution in [1.82, 2.24) is 19.2 Å². The van der Waals surface area contributed by atoms with Crippen LogP contribution in [0.5, 0.6) is 0 Å². The molecule has 182 valence electrons. The molecule has 4 aromatic rings. The lowest BCUT2D eigenvalue weighted by atomic mass is 9.96. The van der Waals surface area contributed by atoms with E-state index in [4.69, 9.17) is 0 Å². The van der Waals surface area contributed by atoms with Crippen molar-refractivity contribution in [3.05, 3.63) is 96.2 Å². The minimum atomic E-state index is -0.339. The lowest BCUT2D eigenvalue weighted by molar-refractivity contribution is -0.123. The van der Waals surface area contributed by atoms with Crippen LogP contribution in [0.3, 0.4) is 0 Å². The van der Waals surface area contributed by atoms with Crippen LogP contribution >= 0.6 is 0 Å². The van der Waals surface area contributed by atoms with E-state index in [1.807, 2.05) is 52.2 Å². The van der Waals surface area contributed by atoms with E-state index in [-0.39, 0.29) is 23.5 Å². The molecule has 0 saturated carbocycles. The minimum absolute atomic E-state index is 0.0880. The highest BCUT2D eigenvalue weighted by Crippen LogP contribution is 2.31. The average Bonchev–Trinajstić information content (AvgIpc) is 3.68. The number of benzene rings is 2. The number of fused-ring (bicyclic) bond motifs is 1. The number of likely N-dealkylation sites (tertiary alicyclic amines) is 1. The SMILES string of the molecule is O=C(c1cnn(-c2ccc(F)cc2)c1-n1cccc1)N1CCCC(C(=O)N2CCc3ccccc32)C1. The van der Waals surface area contributed by atoms with Gasteiger partial charge in [0.2, 0.25) is 5.91 Å². The fourth-order valence-electron chi connectivity index (χ4n) is 5.31. The Labute approximate surface area is 208 Å². The maximum Gasteiger partial charge on any atom is 0.259 e. The third-order valence-electron chi connectivity index (χ3n) is 7.11. The Morgan fingerprint density at radius 3 is 2.53 bits per heavy atom. The molecule has 1 fully saturated rings. The molecule has 0 aliphatic carbocycles. The van der Waals surface area contributed by atoms with Crippen LogP contribution in [0, 0.1) is 11.7 Å². The van der Waals surface area contributed by atoms with Crippen molar-refractivity contribution in [3.8, 4) is 11.5 Å². The Morgan fingerprint density at radius 2 is 1.72 bits per heavy atom. The van der Waals surface area contributed by atoms with E-state index in [0.717, 1.165) is 24.9 Å². The summed E-state index contributed by atoms with van der Waals surface area (Å²) in [6.45, 7) is 1.65. The summed E-state index contributed by atoms with van der Waals surface area (Å²) in [5.74, 6) is -0.0691. The van der Waals surface area contributed by atoms with Crippen molar-refractivity contribution in [2.45, 2.75) is 19.3 Å². The molecular formula is C28H26FN5O2. The molecule has 1 atom stereocenters. The average molecular weight is 484 g/mol.